The zero-order valence-electron chi connectivity index (χ0n) is 12.9. The van der Waals surface area contributed by atoms with Crippen molar-refractivity contribution < 1.29 is 4.79 Å². The average molecular weight is 282 g/mol. The second-order valence-corrected chi connectivity index (χ2v) is 5.24. The average Bonchev–Trinajstić information content (AvgIpc) is 2.80. The number of hydrogen-bond donors (Lipinski definition) is 1. The summed E-state index contributed by atoms with van der Waals surface area (Å²) in [4.78, 5) is 12.2. The minimum Gasteiger partial charge on any atom is -0.349 e. The van der Waals surface area contributed by atoms with E-state index in [2.05, 4.69) is 35.5 Å². The molecule has 110 valence electrons. The van der Waals surface area contributed by atoms with Gasteiger partial charge in [0.25, 0.3) is 5.91 Å². The Balaban J connectivity index is 2.35. The van der Waals surface area contributed by atoms with Crippen molar-refractivity contribution in [3.63, 3.8) is 0 Å². The third-order valence-electron chi connectivity index (χ3n) is 3.81. The molecule has 0 saturated heterocycles. The third kappa shape index (κ3) is 3.07. The number of carbonyl (C=O) groups excluding carboxylic acids is 1. The van der Waals surface area contributed by atoms with Gasteiger partial charge in [-0.1, -0.05) is 36.4 Å². The summed E-state index contributed by atoms with van der Waals surface area (Å²) in [5.74, 6) is -0.0467. The summed E-state index contributed by atoms with van der Waals surface area (Å²) in [7, 11) is 0. The number of rotatable bonds is 5. The Morgan fingerprint density at radius 1 is 1.33 bits per heavy atom. The molecular weight excluding hydrogens is 260 g/mol. The predicted octanol–water partition coefficient (Wildman–Crippen LogP) is 3.63. The van der Waals surface area contributed by atoms with E-state index in [1.54, 1.807) is 6.08 Å². The molecule has 0 radical (unpaired) electrons. The van der Waals surface area contributed by atoms with Gasteiger partial charge in [-0.15, -0.1) is 6.58 Å². The van der Waals surface area contributed by atoms with Gasteiger partial charge in [-0.2, -0.15) is 0 Å². The molecule has 1 atom stereocenters. The zero-order chi connectivity index (χ0) is 15.4. The number of aryl methyl sites for hydroxylation is 1. The first-order valence-electron chi connectivity index (χ1n) is 7.18. The van der Waals surface area contributed by atoms with Gasteiger partial charge in [-0.05, 0) is 32.4 Å². The minimum atomic E-state index is -0.0467. The van der Waals surface area contributed by atoms with Gasteiger partial charge in [-0.25, -0.2) is 0 Å². The van der Waals surface area contributed by atoms with Crippen molar-refractivity contribution in [2.24, 2.45) is 0 Å². The second-order valence-electron chi connectivity index (χ2n) is 5.24. The Morgan fingerprint density at radius 3 is 2.62 bits per heavy atom. The molecule has 2 aromatic rings. The normalized spacial score (nSPS) is 12.0. The van der Waals surface area contributed by atoms with Crippen LogP contribution in [0.5, 0.6) is 0 Å². The van der Waals surface area contributed by atoms with E-state index in [0.717, 1.165) is 17.0 Å². The Morgan fingerprint density at radius 2 is 2.00 bits per heavy atom. The van der Waals surface area contributed by atoms with Crippen LogP contribution in [-0.4, -0.2) is 17.0 Å². The number of nitrogens with zero attached hydrogens (tertiary/aromatic N) is 1. The molecule has 1 aromatic carbocycles. The maximum Gasteiger partial charge on any atom is 0.253 e. The van der Waals surface area contributed by atoms with E-state index in [1.807, 2.05) is 38.1 Å². The highest BCUT2D eigenvalue weighted by Crippen LogP contribution is 2.25. The van der Waals surface area contributed by atoms with Crippen LogP contribution in [0.25, 0.3) is 0 Å². The van der Waals surface area contributed by atoms with E-state index >= 15 is 0 Å². The van der Waals surface area contributed by atoms with Crippen LogP contribution in [0, 0.1) is 13.8 Å². The maximum atomic E-state index is 12.2. The monoisotopic (exact) mass is 282 g/mol. The maximum absolute atomic E-state index is 12.2. The van der Waals surface area contributed by atoms with Gasteiger partial charge in [-0.3, -0.25) is 4.79 Å². The Labute approximate surface area is 126 Å². The molecule has 1 heterocycles. The van der Waals surface area contributed by atoms with Gasteiger partial charge in [0.1, 0.15) is 0 Å². The highest BCUT2D eigenvalue weighted by molar-refractivity contribution is 5.95. The number of benzene rings is 1. The smallest absolute Gasteiger partial charge is 0.253 e. The molecule has 1 aromatic heterocycles. The lowest BCUT2D eigenvalue weighted by Gasteiger charge is -2.19. The van der Waals surface area contributed by atoms with Crippen molar-refractivity contribution in [1.29, 1.82) is 0 Å². The van der Waals surface area contributed by atoms with Crippen LogP contribution in [0.2, 0.25) is 0 Å². The van der Waals surface area contributed by atoms with Crippen LogP contribution < -0.4 is 5.32 Å². The number of nitrogens with one attached hydrogen (secondary N) is 1. The van der Waals surface area contributed by atoms with E-state index in [0.29, 0.717) is 6.54 Å². The van der Waals surface area contributed by atoms with Gasteiger partial charge in [0.2, 0.25) is 0 Å². The molecule has 0 fully saturated rings. The van der Waals surface area contributed by atoms with Crippen LogP contribution in [0.15, 0.2) is 49.1 Å². The minimum absolute atomic E-state index is 0.0467. The third-order valence-corrected chi connectivity index (χ3v) is 3.81. The summed E-state index contributed by atoms with van der Waals surface area (Å²) < 4.78 is 2.21. The van der Waals surface area contributed by atoms with E-state index in [1.165, 1.54) is 5.56 Å². The molecule has 0 spiro atoms. The first kappa shape index (κ1) is 15.1. The molecule has 0 aliphatic rings. The Kier molecular flexibility index (Phi) is 4.63. The van der Waals surface area contributed by atoms with Crippen molar-refractivity contribution >= 4 is 5.91 Å². The quantitative estimate of drug-likeness (QED) is 0.835. The predicted molar refractivity (Wildman–Crippen MR) is 86.7 cm³/mol. The molecule has 0 aliphatic heterocycles. The number of hydrogen-bond acceptors (Lipinski definition) is 1. The fourth-order valence-electron chi connectivity index (χ4n) is 2.74. The van der Waals surface area contributed by atoms with Crippen molar-refractivity contribution in [3.8, 4) is 0 Å². The topological polar surface area (TPSA) is 34.0 Å². The van der Waals surface area contributed by atoms with Gasteiger partial charge in [0.15, 0.2) is 0 Å². The molecule has 1 N–H and O–H groups in total. The van der Waals surface area contributed by atoms with Crippen LogP contribution in [-0.2, 0) is 0 Å². The zero-order valence-corrected chi connectivity index (χ0v) is 12.9. The summed E-state index contributed by atoms with van der Waals surface area (Å²) in [6.45, 7) is 10.3. The van der Waals surface area contributed by atoms with Crippen LogP contribution >= 0.6 is 0 Å². The summed E-state index contributed by atoms with van der Waals surface area (Å²) in [6, 6.07) is 12.5. The van der Waals surface area contributed by atoms with E-state index in [-0.39, 0.29) is 11.9 Å². The highest BCUT2D eigenvalue weighted by Gasteiger charge is 2.19. The summed E-state index contributed by atoms with van der Waals surface area (Å²) in [5, 5.41) is 2.84. The number of aromatic nitrogens is 1. The molecule has 0 bridgehead atoms. The lowest BCUT2D eigenvalue weighted by Crippen LogP contribution is -2.24. The van der Waals surface area contributed by atoms with Crippen molar-refractivity contribution in [2.45, 2.75) is 26.8 Å². The number of amides is 1. The van der Waals surface area contributed by atoms with E-state index < -0.39 is 0 Å². The van der Waals surface area contributed by atoms with Crippen molar-refractivity contribution in [3.05, 3.63) is 71.6 Å². The van der Waals surface area contributed by atoms with Crippen LogP contribution in [0.1, 0.15) is 40.3 Å². The summed E-state index contributed by atoms with van der Waals surface area (Å²) in [6.07, 6.45) is 1.68. The largest absolute Gasteiger partial charge is 0.349 e. The highest BCUT2D eigenvalue weighted by atomic mass is 16.1. The van der Waals surface area contributed by atoms with Crippen molar-refractivity contribution in [2.75, 3.05) is 6.54 Å². The van der Waals surface area contributed by atoms with Crippen LogP contribution in [0.4, 0.5) is 0 Å². The molecule has 3 nitrogen and oxygen atoms in total. The van der Waals surface area contributed by atoms with Gasteiger partial charge >= 0.3 is 0 Å². The molecule has 0 aliphatic carbocycles. The molecule has 0 unspecified atom stereocenters. The van der Waals surface area contributed by atoms with E-state index in [9.17, 15) is 4.79 Å². The first-order chi connectivity index (χ1) is 10.1. The molecule has 2 rings (SSSR count). The molecular formula is C18H22N2O. The van der Waals surface area contributed by atoms with Gasteiger partial charge in [0.05, 0.1) is 11.6 Å². The summed E-state index contributed by atoms with van der Waals surface area (Å²) in [5.41, 5.74) is 4.05. The fourth-order valence-corrected chi connectivity index (χ4v) is 2.74. The van der Waals surface area contributed by atoms with Gasteiger partial charge in [0, 0.05) is 17.9 Å². The fraction of sp³-hybridized carbons (Fsp3) is 0.278. The van der Waals surface area contributed by atoms with Gasteiger partial charge < -0.3 is 9.88 Å². The number of carbonyl (C=O) groups is 1. The molecule has 1 amide bonds. The Hall–Kier alpha value is -2.29. The standard InChI is InChI=1S/C18H22N2O/c1-5-11-19-18(21)17-12-13(2)20(15(17)4)14(3)16-9-7-6-8-10-16/h5-10,12,14H,1,11H2,2-4H3,(H,19,21)/t14-/m1/s1. The second kappa shape index (κ2) is 6.44. The Bertz CT molecular complexity index is 641. The van der Waals surface area contributed by atoms with Crippen molar-refractivity contribution in [1.82, 2.24) is 9.88 Å². The molecule has 21 heavy (non-hydrogen) atoms. The lowest BCUT2D eigenvalue weighted by molar-refractivity contribution is 0.0957. The first-order valence-corrected chi connectivity index (χ1v) is 7.18. The SMILES string of the molecule is C=CCNC(=O)c1cc(C)n([C@H](C)c2ccccc2)c1C. The van der Waals surface area contributed by atoms with Crippen LogP contribution in [0.3, 0.4) is 0 Å². The molecule has 3 heteroatoms. The van der Waals surface area contributed by atoms with E-state index in [4.69, 9.17) is 0 Å². The summed E-state index contributed by atoms with van der Waals surface area (Å²) >= 11 is 0. The lowest BCUT2D eigenvalue weighted by atomic mass is 10.1. The molecule has 0 saturated carbocycles.